The smallest absolute Gasteiger partial charge is 0.0799 e. The number of benzene rings is 1. The lowest BCUT2D eigenvalue weighted by Crippen LogP contribution is -2.48. The molecule has 1 aromatic carbocycles. The fourth-order valence-corrected chi connectivity index (χ4v) is 5.45. The zero-order chi connectivity index (χ0) is 22.9. The summed E-state index contributed by atoms with van der Waals surface area (Å²) in [7, 11) is 0. The van der Waals surface area contributed by atoms with Gasteiger partial charge in [0.1, 0.15) is 0 Å². The van der Waals surface area contributed by atoms with Gasteiger partial charge in [0, 0.05) is 73.2 Å². The van der Waals surface area contributed by atoms with Crippen LogP contribution < -0.4 is 4.90 Å². The molecule has 0 aliphatic carbocycles. The molecule has 0 spiro atoms. The highest BCUT2D eigenvalue weighted by Gasteiger charge is 2.20. The van der Waals surface area contributed by atoms with Crippen LogP contribution in [0.1, 0.15) is 43.6 Å². The first-order valence-electron chi connectivity index (χ1n) is 12.8. The van der Waals surface area contributed by atoms with E-state index in [4.69, 9.17) is 4.98 Å². The third-order valence-electron chi connectivity index (χ3n) is 7.77. The van der Waals surface area contributed by atoms with Gasteiger partial charge in [-0.25, -0.2) is 0 Å². The molecular formula is C28H39N5. The van der Waals surface area contributed by atoms with Gasteiger partial charge in [-0.15, -0.1) is 0 Å². The Hall–Kier alpha value is -2.37. The van der Waals surface area contributed by atoms with Crippen LogP contribution in [0.2, 0.25) is 0 Å². The van der Waals surface area contributed by atoms with Gasteiger partial charge in [-0.3, -0.25) is 9.88 Å². The highest BCUT2D eigenvalue weighted by Crippen LogP contribution is 2.32. The summed E-state index contributed by atoms with van der Waals surface area (Å²) in [5.41, 5.74) is 8.59. The van der Waals surface area contributed by atoms with Crippen molar-refractivity contribution in [3.8, 4) is 11.3 Å². The van der Waals surface area contributed by atoms with Crippen molar-refractivity contribution in [2.75, 3.05) is 50.7 Å². The quantitative estimate of drug-likeness (QED) is 0.578. The molecule has 2 fully saturated rings. The third-order valence-corrected chi connectivity index (χ3v) is 7.77. The minimum atomic E-state index is 0.634. The number of aromatic nitrogens is 2. The summed E-state index contributed by atoms with van der Waals surface area (Å²) in [4.78, 5) is 16.4. The first-order chi connectivity index (χ1) is 16.0. The average molecular weight is 446 g/mol. The maximum absolute atomic E-state index is 5.04. The molecule has 5 nitrogen and oxygen atoms in total. The number of rotatable bonds is 6. The SMILES string of the molecule is Cc1nc(-c2ccc(N3CCN(C(C)C)CC3)cc2)c2cc(CCN3CCCC3)[nH]c2c1C. The molecule has 2 aliphatic heterocycles. The van der Waals surface area contributed by atoms with Crippen LogP contribution in [-0.4, -0.2) is 71.6 Å². The summed E-state index contributed by atoms with van der Waals surface area (Å²) in [6, 6.07) is 12.1. The second-order valence-corrected chi connectivity index (χ2v) is 10.2. The number of piperazine rings is 1. The molecule has 1 N–H and O–H groups in total. The van der Waals surface area contributed by atoms with Gasteiger partial charge < -0.3 is 14.8 Å². The van der Waals surface area contributed by atoms with E-state index in [0.29, 0.717) is 6.04 Å². The lowest BCUT2D eigenvalue weighted by molar-refractivity contribution is 0.209. The van der Waals surface area contributed by atoms with Crippen LogP contribution in [0.3, 0.4) is 0 Å². The van der Waals surface area contributed by atoms with E-state index in [9.17, 15) is 0 Å². The maximum atomic E-state index is 5.04. The number of aromatic amines is 1. The molecule has 33 heavy (non-hydrogen) atoms. The predicted molar refractivity (Wildman–Crippen MR) is 139 cm³/mol. The van der Waals surface area contributed by atoms with Gasteiger partial charge in [-0.1, -0.05) is 12.1 Å². The van der Waals surface area contributed by atoms with Crippen LogP contribution in [0.5, 0.6) is 0 Å². The highest BCUT2D eigenvalue weighted by atomic mass is 15.3. The van der Waals surface area contributed by atoms with E-state index < -0.39 is 0 Å². The Kier molecular flexibility index (Phi) is 6.44. The zero-order valence-corrected chi connectivity index (χ0v) is 20.8. The van der Waals surface area contributed by atoms with Gasteiger partial charge in [-0.2, -0.15) is 0 Å². The van der Waals surface area contributed by atoms with E-state index in [2.05, 4.69) is 77.7 Å². The number of nitrogens with one attached hydrogen (secondary N) is 1. The second-order valence-electron chi connectivity index (χ2n) is 10.2. The summed E-state index contributed by atoms with van der Waals surface area (Å²) in [5.74, 6) is 0. The Labute approximate surface area is 198 Å². The Morgan fingerprint density at radius 1 is 0.939 bits per heavy atom. The minimum Gasteiger partial charge on any atom is -0.369 e. The third kappa shape index (κ3) is 4.67. The molecule has 2 aromatic heterocycles. The molecular weight excluding hydrogens is 406 g/mol. The Morgan fingerprint density at radius 2 is 1.64 bits per heavy atom. The van der Waals surface area contributed by atoms with Crippen molar-refractivity contribution in [1.82, 2.24) is 19.8 Å². The average Bonchev–Trinajstić information content (AvgIpc) is 3.50. The van der Waals surface area contributed by atoms with E-state index in [-0.39, 0.29) is 0 Å². The Balaban J connectivity index is 1.37. The summed E-state index contributed by atoms with van der Waals surface area (Å²) in [6.45, 7) is 17.0. The van der Waals surface area contributed by atoms with Gasteiger partial charge in [0.05, 0.1) is 11.2 Å². The van der Waals surface area contributed by atoms with Crippen molar-refractivity contribution in [2.24, 2.45) is 0 Å². The number of nitrogens with zero attached hydrogens (tertiary/aromatic N) is 4. The van der Waals surface area contributed by atoms with Gasteiger partial charge in [-0.05, 0) is 77.4 Å². The topological polar surface area (TPSA) is 38.4 Å². The first-order valence-corrected chi connectivity index (χ1v) is 12.8. The molecule has 0 amide bonds. The monoisotopic (exact) mass is 445 g/mol. The van der Waals surface area contributed by atoms with Gasteiger partial charge in [0.2, 0.25) is 0 Å². The number of hydrogen-bond acceptors (Lipinski definition) is 4. The molecule has 0 unspecified atom stereocenters. The van der Waals surface area contributed by atoms with Crippen LogP contribution in [0, 0.1) is 13.8 Å². The van der Waals surface area contributed by atoms with Crippen molar-refractivity contribution in [3.05, 3.63) is 47.3 Å². The van der Waals surface area contributed by atoms with Crippen LogP contribution in [-0.2, 0) is 6.42 Å². The van der Waals surface area contributed by atoms with E-state index in [1.165, 1.54) is 59.3 Å². The van der Waals surface area contributed by atoms with Crippen molar-refractivity contribution < 1.29 is 0 Å². The standard InChI is InChI=1S/C28H39N5/c1-20(2)32-15-17-33(18-16-32)25-9-7-23(8-10-25)28-26-19-24(11-14-31-12-5-6-13-31)30-27(26)21(3)22(4)29-28/h7-10,19-20,30H,5-6,11-18H2,1-4H3. The van der Waals surface area contributed by atoms with E-state index in [1.807, 2.05) is 0 Å². The van der Waals surface area contributed by atoms with E-state index in [0.717, 1.165) is 50.5 Å². The molecule has 176 valence electrons. The fourth-order valence-electron chi connectivity index (χ4n) is 5.45. The molecule has 0 saturated carbocycles. The summed E-state index contributed by atoms with van der Waals surface area (Å²) in [5, 5.41) is 1.26. The lowest BCUT2D eigenvalue weighted by atomic mass is 10.0. The number of aryl methyl sites for hydroxylation is 2. The van der Waals surface area contributed by atoms with Crippen molar-refractivity contribution in [2.45, 2.75) is 53.0 Å². The Morgan fingerprint density at radius 3 is 2.30 bits per heavy atom. The number of likely N-dealkylation sites (tertiary alicyclic amines) is 1. The summed E-state index contributed by atoms with van der Waals surface area (Å²) in [6.07, 6.45) is 3.78. The lowest BCUT2D eigenvalue weighted by Gasteiger charge is -2.38. The number of fused-ring (bicyclic) bond motifs is 1. The van der Waals surface area contributed by atoms with Crippen LogP contribution in [0.15, 0.2) is 30.3 Å². The van der Waals surface area contributed by atoms with E-state index >= 15 is 0 Å². The van der Waals surface area contributed by atoms with E-state index in [1.54, 1.807) is 0 Å². The van der Waals surface area contributed by atoms with Gasteiger partial charge in [0.15, 0.2) is 0 Å². The summed E-state index contributed by atoms with van der Waals surface area (Å²) < 4.78 is 0. The maximum Gasteiger partial charge on any atom is 0.0799 e. The normalized spacial score (nSPS) is 18.2. The van der Waals surface area contributed by atoms with Crippen molar-refractivity contribution in [1.29, 1.82) is 0 Å². The molecule has 4 heterocycles. The molecule has 0 atom stereocenters. The van der Waals surface area contributed by atoms with Crippen molar-refractivity contribution >= 4 is 16.6 Å². The Bertz CT molecular complexity index is 1080. The van der Waals surface area contributed by atoms with Crippen LogP contribution in [0.25, 0.3) is 22.2 Å². The van der Waals surface area contributed by atoms with Gasteiger partial charge >= 0.3 is 0 Å². The second kappa shape index (κ2) is 9.47. The number of pyridine rings is 1. The molecule has 5 rings (SSSR count). The number of hydrogen-bond donors (Lipinski definition) is 1. The van der Waals surface area contributed by atoms with Crippen LogP contribution in [0.4, 0.5) is 5.69 Å². The molecule has 2 aliphatic rings. The first kappa shape index (κ1) is 22.4. The van der Waals surface area contributed by atoms with Crippen molar-refractivity contribution in [3.63, 3.8) is 0 Å². The largest absolute Gasteiger partial charge is 0.369 e. The predicted octanol–water partition coefficient (Wildman–Crippen LogP) is 5.02. The summed E-state index contributed by atoms with van der Waals surface area (Å²) >= 11 is 0. The minimum absolute atomic E-state index is 0.634. The van der Waals surface area contributed by atoms with Crippen LogP contribution >= 0.6 is 0 Å². The number of anilines is 1. The molecule has 0 radical (unpaired) electrons. The number of H-pyrrole nitrogens is 1. The van der Waals surface area contributed by atoms with Gasteiger partial charge in [0.25, 0.3) is 0 Å². The molecule has 3 aromatic rings. The molecule has 5 heteroatoms. The fraction of sp³-hybridized carbons (Fsp3) is 0.536. The molecule has 0 bridgehead atoms. The zero-order valence-electron chi connectivity index (χ0n) is 20.8. The molecule has 2 saturated heterocycles. The highest BCUT2D eigenvalue weighted by molar-refractivity contribution is 5.96.